The van der Waals surface area contributed by atoms with Gasteiger partial charge in [0.1, 0.15) is 0 Å². The predicted octanol–water partition coefficient (Wildman–Crippen LogP) is 3.71. The van der Waals surface area contributed by atoms with E-state index in [1.165, 1.54) is 17.7 Å². The van der Waals surface area contributed by atoms with Crippen LogP contribution in [0.25, 0.3) is 0 Å². The van der Waals surface area contributed by atoms with Crippen molar-refractivity contribution in [2.24, 2.45) is 0 Å². The monoisotopic (exact) mass is 366 g/mol. The highest BCUT2D eigenvalue weighted by molar-refractivity contribution is 5.85. The Balaban J connectivity index is 0.00000312. The molecule has 0 bridgehead atoms. The number of ether oxygens (including phenoxy) is 2. The highest BCUT2D eigenvalue weighted by atomic mass is 35.5. The molecule has 2 aromatic carbocycles. The fourth-order valence-corrected chi connectivity index (χ4v) is 2.47. The van der Waals surface area contributed by atoms with Gasteiger partial charge in [-0.25, -0.2) is 0 Å². The lowest BCUT2D eigenvalue weighted by Crippen LogP contribution is -2.20. The van der Waals surface area contributed by atoms with Crippen LogP contribution in [0.4, 0.5) is 5.69 Å². The van der Waals surface area contributed by atoms with Gasteiger partial charge in [-0.15, -0.1) is 12.4 Å². The van der Waals surface area contributed by atoms with Crippen LogP contribution in [0.5, 0.6) is 11.5 Å². The van der Waals surface area contributed by atoms with Crippen LogP contribution < -0.4 is 9.47 Å². The number of likely N-dealkylation sites (N-methyl/N-ethyl adjacent to an activating group) is 1. The molecule has 0 amide bonds. The molecule has 2 aromatic rings. The molecular weight excluding hydrogens is 344 g/mol. The molecule has 0 aromatic heterocycles. The van der Waals surface area contributed by atoms with Crippen molar-refractivity contribution in [2.45, 2.75) is 13.0 Å². The van der Waals surface area contributed by atoms with Crippen LogP contribution in [0.2, 0.25) is 0 Å². The summed E-state index contributed by atoms with van der Waals surface area (Å²) >= 11 is 0. The number of benzene rings is 2. The molecule has 0 spiro atoms. The minimum absolute atomic E-state index is 0. The Morgan fingerprint density at radius 3 is 2.16 bits per heavy atom. The lowest BCUT2D eigenvalue weighted by atomic mass is 10.1. The Hall–Kier alpha value is -2.31. The number of nitro groups is 1. The molecule has 0 unspecified atom stereocenters. The van der Waals surface area contributed by atoms with E-state index in [-0.39, 0.29) is 23.0 Å². The topological polar surface area (TPSA) is 64.8 Å². The molecule has 0 saturated carbocycles. The SMILES string of the molecule is COc1ccc(CCN(C)Cc2ccc([N+](=O)[O-])cc2)cc1OC.Cl. The first-order chi connectivity index (χ1) is 11.5. The van der Waals surface area contributed by atoms with Gasteiger partial charge in [-0.2, -0.15) is 0 Å². The lowest BCUT2D eigenvalue weighted by Gasteiger charge is -2.17. The van der Waals surface area contributed by atoms with E-state index in [4.69, 9.17) is 9.47 Å². The molecule has 6 nitrogen and oxygen atoms in total. The van der Waals surface area contributed by atoms with Crippen LogP contribution in [-0.2, 0) is 13.0 Å². The molecule has 0 fully saturated rings. The number of rotatable bonds is 8. The molecule has 2 rings (SSSR count). The summed E-state index contributed by atoms with van der Waals surface area (Å²) in [5.41, 5.74) is 2.34. The second-order valence-corrected chi connectivity index (χ2v) is 5.60. The zero-order valence-electron chi connectivity index (χ0n) is 14.6. The van der Waals surface area contributed by atoms with Gasteiger partial charge < -0.3 is 14.4 Å². The van der Waals surface area contributed by atoms with Crippen molar-refractivity contribution in [2.75, 3.05) is 27.8 Å². The molecule has 0 heterocycles. The Bertz CT molecular complexity index is 692. The van der Waals surface area contributed by atoms with Gasteiger partial charge in [-0.05, 0) is 36.7 Å². The van der Waals surface area contributed by atoms with Gasteiger partial charge in [0.05, 0.1) is 19.1 Å². The van der Waals surface area contributed by atoms with Crippen molar-refractivity contribution in [1.29, 1.82) is 0 Å². The normalized spacial score (nSPS) is 10.2. The molecule has 0 saturated heterocycles. The van der Waals surface area contributed by atoms with Crippen molar-refractivity contribution in [3.05, 3.63) is 63.7 Å². The van der Waals surface area contributed by atoms with Crippen molar-refractivity contribution in [3.63, 3.8) is 0 Å². The summed E-state index contributed by atoms with van der Waals surface area (Å²) in [5.74, 6) is 1.45. The molecule has 25 heavy (non-hydrogen) atoms. The van der Waals surface area contributed by atoms with Crippen LogP contribution in [0, 0.1) is 10.1 Å². The van der Waals surface area contributed by atoms with Crippen LogP contribution in [0.1, 0.15) is 11.1 Å². The minimum atomic E-state index is -0.384. The third-order valence-corrected chi connectivity index (χ3v) is 3.83. The average Bonchev–Trinajstić information content (AvgIpc) is 2.60. The summed E-state index contributed by atoms with van der Waals surface area (Å²) in [4.78, 5) is 12.5. The third kappa shape index (κ3) is 5.92. The molecule has 0 aliphatic heterocycles. The van der Waals surface area contributed by atoms with Crippen LogP contribution in [0.15, 0.2) is 42.5 Å². The summed E-state index contributed by atoms with van der Waals surface area (Å²) in [6.07, 6.45) is 0.879. The van der Waals surface area contributed by atoms with E-state index >= 15 is 0 Å². The summed E-state index contributed by atoms with van der Waals surface area (Å²) in [6, 6.07) is 12.6. The highest BCUT2D eigenvalue weighted by Crippen LogP contribution is 2.27. The first-order valence-electron chi connectivity index (χ1n) is 7.66. The van der Waals surface area contributed by atoms with Gasteiger partial charge in [0.25, 0.3) is 5.69 Å². The summed E-state index contributed by atoms with van der Waals surface area (Å²) in [7, 11) is 5.28. The molecule has 0 aliphatic carbocycles. The summed E-state index contributed by atoms with van der Waals surface area (Å²) in [6.45, 7) is 1.61. The third-order valence-electron chi connectivity index (χ3n) is 3.83. The van der Waals surface area contributed by atoms with Crippen molar-refractivity contribution in [1.82, 2.24) is 4.90 Å². The Kier molecular flexibility index (Phi) is 8.18. The van der Waals surface area contributed by atoms with E-state index in [0.717, 1.165) is 36.6 Å². The van der Waals surface area contributed by atoms with E-state index in [9.17, 15) is 10.1 Å². The maximum absolute atomic E-state index is 10.7. The van der Waals surface area contributed by atoms with Crippen LogP contribution in [-0.4, -0.2) is 37.6 Å². The van der Waals surface area contributed by atoms with E-state index in [1.807, 2.05) is 25.2 Å². The van der Waals surface area contributed by atoms with E-state index < -0.39 is 0 Å². The molecule has 0 radical (unpaired) electrons. The fraction of sp³-hybridized carbons (Fsp3) is 0.333. The number of nitrogens with zero attached hydrogens (tertiary/aromatic N) is 2. The maximum Gasteiger partial charge on any atom is 0.269 e. The largest absolute Gasteiger partial charge is 0.493 e. The van der Waals surface area contributed by atoms with E-state index in [0.29, 0.717) is 0 Å². The molecule has 0 atom stereocenters. The minimum Gasteiger partial charge on any atom is -0.493 e. The van der Waals surface area contributed by atoms with Gasteiger partial charge in [0, 0.05) is 25.2 Å². The number of hydrogen-bond donors (Lipinski definition) is 0. The van der Waals surface area contributed by atoms with Gasteiger partial charge in [-0.3, -0.25) is 10.1 Å². The average molecular weight is 367 g/mol. The standard InChI is InChI=1S/C18H22N2O4.ClH/c1-19(13-15-4-7-16(8-5-15)20(21)22)11-10-14-6-9-17(23-2)18(12-14)24-3;/h4-9,12H,10-11,13H2,1-3H3;1H. The van der Waals surface area contributed by atoms with Gasteiger partial charge in [0.15, 0.2) is 11.5 Å². The molecule has 7 heteroatoms. The number of non-ortho nitro benzene ring substituents is 1. The van der Waals surface area contributed by atoms with Crippen molar-refractivity contribution >= 4 is 18.1 Å². The summed E-state index contributed by atoms with van der Waals surface area (Å²) < 4.78 is 10.6. The van der Waals surface area contributed by atoms with Crippen molar-refractivity contribution in [3.8, 4) is 11.5 Å². The smallest absolute Gasteiger partial charge is 0.269 e. The van der Waals surface area contributed by atoms with E-state index in [1.54, 1.807) is 26.4 Å². The molecule has 136 valence electrons. The van der Waals surface area contributed by atoms with Crippen LogP contribution >= 0.6 is 12.4 Å². The maximum atomic E-state index is 10.7. The first kappa shape index (κ1) is 20.7. The highest BCUT2D eigenvalue weighted by Gasteiger charge is 2.08. The Morgan fingerprint density at radius 2 is 1.60 bits per heavy atom. The molecular formula is C18H23ClN2O4. The van der Waals surface area contributed by atoms with Crippen LogP contribution in [0.3, 0.4) is 0 Å². The molecule has 0 N–H and O–H groups in total. The Labute approximate surface area is 153 Å². The summed E-state index contributed by atoms with van der Waals surface area (Å²) in [5, 5.41) is 10.7. The quantitative estimate of drug-likeness (QED) is 0.526. The zero-order chi connectivity index (χ0) is 17.5. The molecule has 0 aliphatic rings. The van der Waals surface area contributed by atoms with Gasteiger partial charge in [0.2, 0.25) is 0 Å². The number of hydrogen-bond acceptors (Lipinski definition) is 5. The van der Waals surface area contributed by atoms with Crippen molar-refractivity contribution < 1.29 is 14.4 Å². The Morgan fingerprint density at radius 1 is 1.00 bits per heavy atom. The first-order valence-corrected chi connectivity index (χ1v) is 7.66. The van der Waals surface area contributed by atoms with Gasteiger partial charge in [-0.1, -0.05) is 18.2 Å². The second-order valence-electron chi connectivity index (χ2n) is 5.60. The lowest BCUT2D eigenvalue weighted by molar-refractivity contribution is -0.384. The fourth-order valence-electron chi connectivity index (χ4n) is 2.47. The zero-order valence-corrected chi connectivity index (χ0v) is 15.4. The number of halogens is 1. The van der Waals surface area contributed by atoms with Gasteiger partial charge >= 0.3 is 0 Å². The predicted molar refractivity (Wildman–Crippen MR) is 99.9 cm³/mol. The number of methoxy groups -OCH3 is 2. The second kappa shape index (κ2) is 9.86. The number of nitro benzene ring substituents is 1. The van der Waals surface area contributed by atoms with E-state index in [2.05, 4.69) is 4.90 Å².